The van der Waals surface area contributed by atoms with Crippen molar-refractivity contribution in [3.05, 3.63) is 54.4 Å². The lowest BCUT2D eigenvalue weighted by molar-refractivity contribution is -0.115. The van der Waals surface area contributed by atoms with Crippen molar-refractivity contribution in [3.8, 4) is 0 Å². The second kappa shape index (κ2) is 9.81. The average Bonchev–Trinajstić information content (AvgIpc) is 3.42. The van der Waals surface area contributed by atoms with Gasteiger partial charge in [0.15, 0.2) is 11.6 Å². The number of aromatic nitrogens is 5. The van der Waals surface area contributed by atoms with E-state index in [1.54, 1.807) is 4.52 Å². The number of anilines is 3. The van der Waals surface area contributed by atoms with E-state index in [2.05, 4.69) is 36.2 Å². The van der Waals surface area contributed by atoms with Gasteiger partial charge in [-0.3, -0.25) is 9.89 Å². The number of carbonyl (C=O) groups excluding carboxylic acids is 1. The quantitative estimate of drug-likeness (QED) is 0.262. The predicted octanol–water partition coefficient (Wildman–Crippen LogP) is 2.56. The van der Waals surface area contributed by atoms with Crippen LogP contribution in [0.1, 0.15) is 12.6 Å². The fourth-order valence-corrected chi connectivity index (χ4v) is 3.65. The van der Waals surface area contributed by atoms with Crippen molar-refractivity contribution < 1.29 is 9.90 Å². The summed E-state index contributed by atoms with van der Waals surface area (Å²) in [5, 5.41) is 30.3. The van der Waals surface area contributed by atoms with Crippen LogP contribution in [0.5, 0.6) is 0 Å². The third-order valence-electron chi connectivity index (χ3n) is 4.56. The van der Waals surface area contributed by atoms with Crippen molar-refractivity contribution in [2.75, 3.05) is 23.8 Å². The number of carbonyl (C=O) groups is 1. The Morgan fingerprint density at radius 1 is 1.28 bits per heavy atom. The molecule has 10 nitrogen and oxygen atoms in total. The van der Waals surface area contributed by atoms with Crippen molar-refractivity contribution in [2.24, 2.45) is 0 Å². The fraction of sp³-hybridized carbons (Fsp3) is 0.238. The van der Waals surface area contributed by atoms with E-state index < -0.39 is 0 Å². The molecule has 0 aliphatic rings. The molecule has 3 heterocycles. The Morgan fingerprint density at radius 2 is 2.09 bits per heavy atom. The Kier molecular flexibility index (Phi) is 6.69. The third kappa shape index (κ3) is 5.44. The number of aliphatic hydroxyl groups excluding tert-OH is 1. The zero-order valence-corrected chi connectivity index (χ0v) is 18.5. The number of aromatic amines is 1. The number of H-pyrrole nitrogens is 1. The molecule has 4 rings (SSSR count). The molecule has 4 aromatic rings. The van der Waals surface area contributed by atoms with Gasteiger partial charge in [-0.15, -0.1) is 5.10 Å². The summed E-state index contributed by atoms with van der Waals surface area (Å²) in [6, 6.07) is 13.1. The van der Waals surface area contributed by atoms with Crippen LogP contribution < -0.4 is 16.0 Å². The van der Waals surface area contributed by atoms with Gasteiger partial charge < -0.3 is 21.1 Å². The van der Waals surface area contributed by atoms with Crippen LogP contribution >= 0.6 is 11.8 Å². The Morgan fingerprint density at radius 3 is 2.81 bits per heavy atom. The highest BCUT2D eigenvalue weighted by Crippen LogP contribution is 2.28. The highest BCUT2D eigenvalue weighted by Gasteiger charge is 2.11. The second-order valence-electron chi connectivity index (χ2n) is 7.28. The number of hydrogen-bond acceptors (Lipinski definition) is 8. The van der Waals surface area contributed by atoms with Crippen molar-refractivity contribution in [1.82, 2.24) is 30.1 Å². The first-order chi connectivity index (χ1) is 15.5. The van der Waals surface area contributed by atoms with E-state index >= 15 is 0 Å². The molecule has 0 aliphatic carbocycles. The second-order valence-corrected chi connectivity index (χ2v) is 8.32. The molecule has 0 aliphatic heterocycles. The van der Waals surface area contributed by atoms with Gasteiger partial charge in [0.1, 0.15) is 5.52 Å². The van der Waals surface area contributed by atoms with Gasteiger partial charge in [0.05, 0.1) is 13.2 Å². The van der Waals surface area contributed by atoms with E-state index in [1.165, 1.54) is 11.8 Å². The number of rotatable bonds is 9. The number of benzene rings is 1. The summed E-state index contributed by atoms with van der Waals surface area (Å²) in [5.74, 6) is 1.17. The van der Waals surface area contributed by atoms with E-state index in [9.17, 15) is 4.79 Å². The Bertz CT molecular complexity index is 1200. The molecule has 0 radical (unpaired) electrons. The molecule has 0 spiro atoms. The molecule has 1 aromatic carbocycles. The van der Waals surface area contributed by atoms with Crippen LogP contribution in [0, 0.1) is 6.92 Å². The maximum absolute atomic E-state index is 12.0. The minimum absolute atomic E-state index is 0.0192. The first-order valence-electron chi connectivity index (χ1n) is 10.1. The molecule has 1 atom stereocenters. The molecule has 0 saturated carbocycles. The lowest BCUT2D eigenvalue weighted by Gasteiger charge is -2.11. The fourth-order valence-electron chi connectivity index (χ4n) is 2.90. The normalized spacial score (nSPS) is 12.1. The average molecular weight is 453 g/mol. The van der Waals surface area contributed by atoms with E-state index in [1.807, 2.05) is 62.5 Å². The summed E-state index contributed by atoms with van der Waals surface area (Å²) in [7, 11) is 0. The maximum atomic E-state index is 12.0. The van der Waals surface area contributed by atoms with Gasteiger partial charge in [0.25, 0.3) is 0 Å². The highest BCUT2D eigenvalue weighted by atomic mass is 32.2. The molecule has 166 valence electrons. The number of nitrogens with one attached hydrogen (secondary N) is 4. The van der Waals surface area contributed by atoms with Gasteiger partial charge in [-0.2, -0.15) is 5.10 Å². The van der Waals surface area contributed by atoms with Crippen LogP contribution in [-0.4, -0.2) is 55.0 Å². The Balaban J connectivity index is 1.44. The SMILES string of the molecule is Cc1cc(Nc2nc(Sc3ccc(NC(=O)CNC(C)CO)cc3)nn3cccc23)n[nH]1. The summed E-state index contributed by atoms with van der Waals surface area (Å²) >= 11 is 1.42. The maximum Gasteiger partial charge on any atom is 0.238 e. The van der Waals surface area contributed by atoms with Gasteiger partial charge >= 0.3 is 0 Å². The monoisotopic (exact) mass is 452 g/mol. The summed E-state index contributed by atoms with van der Waals surface area (Å²) in [5.41, 5.74) is 2.49. The number of hydrogen-bond donors (Lipinski definition) is 5. The molecular weight excluding hydrogens is 428 g/mol. The van der Waals surface area contributed by atoms with Crippen molar-refractivity contribution in [1.29, 1.82) is 0 Å². The van der Waals surface area contributed by atoms with Crippen LogP contribution in [0.4, 0.5) is 17.3 Å². The van der Waals surface area contributed by atoms with Gasteiger partial charge in [-0.05, 0) is 62.0 Å². The highest BCUT2D eigenvalue weighted by molar-refractivity contribution is 7.99. The molecule has 0 bridgehead atoms. The van der Waals surface area contributed by atoms with Gasteiger partial charge in [-0.25, -0.2) is 9.50 Å². The smallest absolute Gasteiger partial charge is 0.238 e. The van der Waals surface area contributed by atoms with Crippen LogP contribution in [0.25, 0.3) is 5.52 Å². The summed E-state index contributed by atoms with van der Waals surface area (Å²) in [4.78, 5) is 17.6. The zero-order valence-electron chi connectivity index (χ0n) is 17.7. The molecule has 0 fully saturated rings. The zero-order chi connectivity index (χ0) is 22.5. The van der Waals surface area contributed by atoms with Crippen LogP contribution in [0.3, 0.4) is 0 Å². The standard InChI is InChI=1S/C21H24N8O2S/c1-13-10-18(27-26-13)24-20-17-4-3-9-29(17)28-21(25-20)32-16-7-5-15(6-8-16)23-19(31)11-22-14(2)12-30/h3-10,14,22,30H,11-12H2,1-2H3,(H,23,31)(H2,24,25,26,27,28). The van der Waals surface area contributed by atoms with E-state index in [0.717, 1.165) is 16.1 Å². The van der Waals surface area contributed by atoms with Crippen LogP contribution in [-0.2, 0) is 4.79 Å². The van der Waals surface area contributed by atoms with E-state index in [-0.39, 0.29) is 25.1 Å². The van der Waals surface area contributed by atoms with Crippen molar-refractivity contribution >= 4 is 40.5 Å². The van der Waals surface area contributed by atoms with Crippen molar-refractivity contribution in [3.63, 3.8) is 0 Å². The first kappa shape index (κ1) is 21.8. The number of aliphatic hydroxyl groups is 1. The minimum atomic E-state index is -0.170. The van der Waals surface area contributed by atoms with Crippen molar-refractivity contribution in [2.45, 2.75) is 29.9 Å². The first-order valence-corrected chi connectivity index (χ1v) is 10.9. The van der Waals surface area contributed by atoms with Gasteiger partial charge in [0, 0.05) is 34.6 Å². The topological polar surface area (TPSA) is 132 Å². The summed E-state index contributed by atoms with van der Waals surface area (Å²) in [6.07, 6.45) is 1.87. The lowest BCUT2D eigenvalue weighted by Crippen LogP contribution is -2.36. The largest absolute Gasteiger partial charge is 0.395 e. The molecule has 1 unspecified atom stereocenters. The number of aryl methyl sites for hydroxylation is 1. The Labute approximate surface area is 188 Å². The molecular formula is C21H24N8O2S. The molecule has 0 saturated heterocycles. The lowest BCUT2D eigenvalue weighted by atomic mass is 10.3. The molecule has 5 N–H and O–H groups in total. The minimum Gasteiger partial charge on any atom is -0.395 e. The molecule has 32 heavy (non-hydrogen) atoms. The van der Waals surface area contributed by atoms with E-state index in [0.29, 0.717) is 22.5 Å². The Hall–Kier alpha value is -3.41. The van der Waals surface area contributed by atoms with E-state index in [4.69, 9.17) is 5.11 Å². The third-order valence-corrected chi connectivity index (χ3v) is 5.42. The van der Waals surface area contributed by atoms with Gasteiger partial charge in [-0.1, -0.05) is 0 Å². The summed E-state index contributed by atoms with van der Waals surface area (Å²) < 4.78 is 1.77. The predicted molar refractivity (Wildman–Crippen MR) is 123 cm³/mol. The molecule has 3 aromatic heterocycles. The number of fused-ring (bicyclic) bond motifs is 1. The van der Waals surface area contributed by atoms with Crippen LogP contribution in [0.2, 0.25) is 0 Å². The number of nitrogens with zero attached hydrogens (tertiary/aromatic N) is 4. The van der Waals surface area contributed by atoms with Gasteiger partial charge in [0.2, 0.25) is 11.1 Å². The molecule has 11 heteroatoms. The molecule has 1 amide bonds. The van der Waals surface area contributed by atoms with Crippen LogP contribution in [0.15, 0.2) is 58.7 Å². The summed E-state index contributed by atoms with van der Waals surface area (Å²) in [6.45, 7) is 3.86. The number of amides is 1.